The molecule has 2 atom stereocenters. The van der Waals surface area contributed by atoms with Crippen LogP contribution in [0, 0.1) is 0 Å². The quantitative estimate of drug-likeness (QED) is 0.657. The summed E-state index contributed by atoms with van der Waals surface area (Å²) in [5.74, 6) is 0. The van der Waals surface area contributed by atoms with Gasteiger partial charge < -0.3 is 15.2 Å². The van der Waals surface area contributed by atoms with Gasteiger partial charge in [0.15, 0.2) is 0 Å². The molecule has 1 aliphatic rings. The molecular formula is C9H20N2O2. The molecule has 1 saturated heterocycles. The summed E-state index contributed by atoms with van der Waals surface area (Å²) < 4.78 is 10.4. The van der Waals surface area contributed by atoms with Crippen molar-refractivity contribution in [2.24, 2.45) is 5.73 Å². The fourth-order valence-corrected chi connectivity index (χ4v) is 1.65. The van der Waals surface area contributed by atoms with Crippen molar-refractivity contribution in [3.8, 4) is 0 Å². The van der Waals surface area contributed by atoms with Gasteiger partial charge in [0.2, 0.25) is 0 Å². The number of ether oxygens (including phenoxy) is 2. The van der Waals surface area contributed by atoms with Crippen molar-refractivity contribution in [1.29, 1.82) is 0 Å². The third-order valence-electron chi connectivity index (χ3n) is 2.20. The molecule has 1 heterocycles. The summed E-state index contributed by atoms with van der Waals surface area (Å²) in [5.41, 5.74) is 5.85. The highest BCUT2D eigenvalue weighted by atomic mass is 16.5. The molecule has 1 aliphatic heterocycles. The van der Waals surface area contributed by atoms with Crippen molar-refractivity contribution in [3.05, 3.63) is 0 Å². The first-order valence-electron chi connectivity index (χ1n) is 4.81. The van der Waals surface area contributed by atoms with Crippen LogP contribution in [0.5, 0.6) is 0 Å². The van der Waals surface area contributed by atoms with Crippen LogP contribution in [0.1, 0.15) is 6.92 Å². The van der Waals surface area contributed by atoms with Crippen LogP contribution >= 0.6 is 0 Å². The SMILES string of the molecule is COCC(N)CN1CCOC(C)C1. The summed E-state index contributed by atoms with van der Waals surface area (Å²) in [4.78, 5) is 2.33. The van der Waals surface area contributed by atoms with Gasteiger partial charge in [-0.3, -0.25) is 4.90 Å². The smallest absolute Gasteiger partial charge is 0.0674 e. The zero-order valence-electron chi connectivity index (χ0n) is 8.53. The van der Waals surface area contributed by atoms with Crippen LogP contribution in [0.25, 0.3) is 0 Å². The number of nitrogens with two attached hydrogens (primary N) is 1. The molecule has 4 heteroatoms. The second kappa shape index (κ2) is 5.54. The number of methoxy groups -OCH3 is 1. The lowest BCUT2D eigenvalue weighted by molar-refractivity contribution is -0.0221. The summed E-state index contributed by atoms with van der Waals surface area (Å²) in [5, 5.41) is 0. The van der Waals surface area contributed by atoms with Crippen LogP contribution in [0.4, 0.5) is 0 Å². The summed E-state index contributed by atoms with van der Waals surface area (Å²) in [6.07, 6.45) is 0.337. The van der Waals surface area contributed by atoms with Crippen molar-refractivity contribution >= 4 is 0 Å². The molecule has 0 radical (unpaired) electrons. The van der Waals surface area contributed by atoms with E-state index in [1.807, 2.05) is 0 Å². The first kappa shape index (κ1) is 10.9. The minimum atomic E-state index is 0.121. The minimum absolute atomic E-state index is 0.121. The van der Waals surface area contributed by atoms with Crippen LogP contribution in [-0.4, -0.2) is 57.0 Å². The molecule has 0 aromatic rings. The number of morpholine rings is 1. The van der Waals surface area contributed by atoms with Gasteiger partial charge >= 0.3 is 0 Å². The lowest BCUT2D eigenvalue weighted by atomic mass is 10.2. The van der Waals surface area contributed by atoms with Gasteiger partial charge in [-0.15, -0.1) is 0 Å². The van der Waals surface area contributed by atoms with Crippen molar-refractivity contribution in [1.82, 2.24) is 4.90 Å². The molecule has 2 N–H and O–H groups in total. The van der Waals surface area contributed by atoms with E-state index in [9.17, 15) is 0 Å². The third kappa shape index (κ3) is 4.04. The molecule has 2 unspecified atom stereocenters. The Morgan fingerprint density at radius 2 is 2.46 bits per heavy atom. The number of hydrogen-bond acceptors (Lipinski definition) is 4. The van der Waals surface area contributed by atoms with Crippen molar-refractivity contribution in [3.63, 3.8) is 0 Å². The van der Waals surface area contributed by atoms with Gasteiger partial charge in [-0.1, -0.05) is 0 Å². The van der Waals surface area contributed by atoms with Gasteiger partial charge in [-0.2, -0.15) is 0 Å². The lowest BCUT2D eigenvalue weighted by Gasteiger charge is -2.32. The molecule has 4 nitrogen and oxygen atoms in total. The molecule has 0 spiro atoms. The van der Waals surface area contributed by atoms with E-state index in [0.29, 0.717) is 12.7 Å². The molecule has 78 valence electrons. The second-order valence-electron chi connectivity index (χ2n) is 3.66. The van der Waals surface area contributed by atoms with Crippen molar-refractivity contribution in [2.75, 3.05) is 40.0 Å². The van der Waals surface area contributed by atoms with E-state index in [2.05, 4.69) is 11.8 Å². The Kier molecular flexibility index (Phi) is 4.66. The minimum Gasteiger partial charge on any atom is -0.383 e. The van der Waals surface area contributed by atoms with Crippen molar-refractivity contribution < 1.29 is 9.47 Å². The molecule has 0 saturated carbocycles. The van der Waals surface area contributed by atoms with Gasteiger partial charge in [0.05, 0.1) is 19.3 Å². The maximum absolute atomic E-state index is 5.85. The van der Waals surface area contributed by atoms with Gasteiger partial charge in [0.1, 0.15) is 0 Å². The first-order chi connectivity index (χ1) is 6.22. The van der Waals surface area contributed by atoms with E-state index in [0.717, 1.165) is 26.2 Å². The zero-order valence-corrected chi connectivity index (χ0v) is 8.53. The van der Waals surface area contributed by atoms with Crippen LogP contribution in [0.2, 0.25) is 0 Å². The van der Waals surface area contributed by atoms with Gasteiger partial charge in [0, 0.05) is 32.8 Å². The fraction of sp³-hybridized carbons (Fsp3) is 1.00. The van der Waals surface area contributed by atoms with Crippen LogP contribution in [-0.2, 0) is 9.47 Å². The first-order valence-corrected chi connectivity index (χ1v) is 4.81. The summed E-state index contributed by atoms with van der Waals surface area (Å²) in [7, 11) is 1.68. The summed E-state index contributed by atoms with van der Waals surface area (Å²) in [6, 6.07) is 0.121. The maximum Gasteiger partial charge on any atom is 0.0674 e. The Balaban J connectivity index is 2.19. The van der Waals surface area contributed by atoms with E-state index < -0.39 is 0 Å². The second-order valence-corrected chi connectivity index (χ2v) is 3.66. The number of nitrogens with zero attached hydrogens (tertiary/aromatic N) is 1. The third-order valence-corrected chi connectivity index (χ3v) is 2.20. The Hall–Kier alpha value is -0.160. The normalized spacial score (nSPS) is 27.5. The maximum atomic E-state index is 5.85. The molecule has 0 aromatic carbocycles. The van der Waals surface area contributed by atoms with Crippen molar-refractivity contribution in [2.45, 2.75) is 19.1 Å². The fourth-order valence-electron chi connectivity index (χ4n) is 1.65. The standard InChI is InChI=1S/C9H20N2O2/c1-8-5-11(3-4-13-8)6-9(10)7-12-2/h8-9H,3-7,10H2,1-2H3. The zero-order chi connectivity index (χ0) is 9.68. The highest BCUT2D eigenvalue weighted by molar-refractivity contribution is 4.73. The molecule has 0 aliphatic carbocycles. The average Bonchev–Trinajstić information content (AvgIpc) is 2.04. The molecule has 0 bridgehead atoms. The molecular weight excluding hydrogens is 168 g/mol. The van der Waals surface area contributed by atoms with Gasteiger partial charge in [0.25, 0.3) is 0 Å². The van der Waals surface area contributed by atoms with Crippen LogP contribution in [0.3, 0.4) is 0 Å². The predicted octanol–water partition coefficient (Wildman–Crippen LogP) is -0.319. The highest BCUT2D eigenvalue weighted by Gasteiger charge is 2.18. The number of hydrogen-bond donors (Lipinski definition) is 1. The van der Waals surface area contributed by atoms with Gasteiger partial charge in [-0.05, 0) is 6.92 Å². The van der Waals surface area contributed by atoms with E-state index in [4.69, 9.17) is 15.2 Å². The molecule has 1 fully saturated rings. The van der Waals surface area contributed by atoms with E-state index in [1.165, 1.54) is 0 Å². The van der Waals surface area contributed by atoms with Crippen LogP contribution in [0.15, 0.2) is 0 Å². The van der Waals surface area contributed by atoms with Crippen LogP contribution < -0.4 is 5.73 Å². The molecule has 1 rings (SSSR count). The van der Waals surface area contributed by atoms with E-state index >= 15 is 0 Å². The topological polar surface area (TPSA) is 47.7 Å². The average molecular weight is 188 g/mol. The Labute approximate surface area is 80.0 Å². The highest BCUT2D eigenvalue weighted by Crippen LogP contribution is 2.04. The lowest BCUT2D eigenvalue weighted by Crippen LogP contribution is -2.47. The predicted molar refractivity (Wildman–Crippen MR) is 51.7 cm³/mol. The monoisotopic (exact) mass is 188 g/mol. The van der Waals surface area contributed by atoms with Gasteiger partial charge in [-0.25, -0.2) is 0 Å². The molecule has 0 aromatic heterocycles. The number of rotatable bonds is 4. The Morgan fingerprint density at radius 3 is 3.08 bits per heavy atom. The van der Waals surface area contributed by atoms with E-state index in [1.54, 1.807) is 7.11 Å². The molecule has 13 heavy (non-hydrogen) atoms. The van der Waals surface area contributed by atoms with E-state index in [-0.39, 0.29) is 6.04 Å². The summed E-state index contributed by atoms with van der Waals surface area (Å²) in [6.45, 7) is 6.42. The largest absolute Gasteiger partial charge is 0.383 e. The summed E-state index contributed by atoms with van der Waals surface area (Å²) >= 11 is 0. The Bertz CT molecular complexity index is 144. The molecule has 0 amide bonds. The Morgan fingerprint density at radius 1 is 1.69 bits per heavy atom.